The maximum Gasteiger partial charge on any atom is 0.230 e. The lowest BCUT2D eigenvalue weighted by molar-refractivity contribution is -0.118. The van der Waals surface area contributed by atoms with E-state index >= 15 is 0 Å². The van der Waals surface area contributed by atoms with Gasteiger partial charge in [-0.1, -0.05) is 25.6 Å². The number of rotatable bonds is 8. The Morgan fingerprint density at radius 1 is 1.56 bits per heavy atom. The zero-order chi connectivity index (χ0) is 13.4. The van der Waals surface area contributed by atoms with Gasteiger partial charge in [-0.15, -0.1) is 5.10 Å². The Labute approximate surface area is 110 Å². The molecule has 0 aliphatic carbocycles. The van der Waals surface area contributed by atoms with E-state index in [1.165, 1.54) is 16.4 Å². The van der Waals surface area contributed by atoms with E-state index in [-0.39, 0.29) is 18.3 Å². The molecule has 8 heteroatoms. The molecule has 1 aromatic rings. The average molecular weight is 273 g/mol. The van der Waals surface area contributed by atoms with Gasteiger partial charge in [-0.2, -0.15) is 0 Å². The van der Waals surface area contributed by atoms with Crippen molar-refractivity contribution in [3.63, 3.8) is 0 Å². The minimum absolute atomic E-state index is 0.0285. The molecule has 1 rings (SSSR count). The molecule has 18 heavy (non-hydrogen) atoms. The number of nitrogens with zero attached hydrogens (tertiary/aromatic N) is 4. The standard InChI is InChI=1S/C10H19N5O2S/c1-8(2)3-4-11-9(17)7-18-10-12-13-14-15(10)5-6-16/h8,16H,3-7H2,1-2H3,(H,11,17). The van der Waals surface area contributed by atoms with Crippen LogP contribution < -0.4 is 5.32 Å². The molecule has 0 aromatic carbocycles. The Balaban J connectivity index is 2.27. The second kappa shape index (κ2) is 8.04. The molecule has 1 aromatic heterocycles. The van der Waals surface area contributed by atoms with Crippen LogP contribution in [0.1, 0.15) is 20.3 Å². The highest BCUT2D eigenvalue weighted by molar-refractivity contribution is 7.99. The normalized spacial score (nSPS) is 10.9. The van der Waals surface area contributed by atoms with Crippen molar-refractivity contribution in [2.45, 2.75) is 32.0 Å². The molecule has 0 spiro atoms. The fraction of sp³-hybridized carbons (Fsp3) is 0.800. The molecule has 0 saturated heterocycles. The second-order valence-corrected chi connectivity index (χ2v) is 5.17. The van der Waals surface area contributed by atoms with E-state index in [4.69, 9.17) is 5.11 Å². The number of aromatic nitrogens is 4. The maximum atomic E-state index is 11.5. The molecule has 102 valence electrons. The number of hydrogen-bond donors (Lipinski definition) is 2. The van der Waals surface area contributed by atoms with Crippen LogP contribution in [0, 0.1) is 5.92 Å². The lowest BCUT2D eigenvalue weighted by atomic mass is 10.1. The number of nitrogens with one attached hydrogen (secondary N) is 1. The Morgan fingerprint density at radius 3 is 3.00 bits per heavy atom. The van der Waals surface area contributed by atoms with Crippen LogP contribution in [0.3, 0.4) is 0 Å². The van der Waals surface area contributed by atoms with Crippen LogP contribution in [0.2, 0.25) is 0 Å². The van der Waals surface area contributed by atoms with Crippen LogP contribution in [0.4, 0.5) is 0 Å². The van der Waals surface area contributed by atoms with Gasteiger partial charge in [-0.3, -0.25) is 4.79 Å². The Kier molecular flexibility index (Phi) is 6.66. The summed E-state index contributed by atoms with van der Waals surface area (Å²) >= 11 is 1.26. The monoisotopic (exact) mass is 273 g/mol. The number of aliphatic hydroxyl groups is 1. The van der Waals surface area contributed by atoms with Gasteiger partial charge in [0.15, 0.2) is 0 Å². The summed E-state index contributed by atoms with van der Waals surface area (Å²) in [6, 6.07) is 0. The van der Waals surface area contributed by atoms with Gasteiger partial charge in [0.2, 0.25) is 11.1 Å². The molecular formula is C10H19N5O2S. The van der Waals surface area contributed by atoms with Gasteiger partial charge >= 0.3 is 0 Å². The van der Waals surface area contributed by atoms with Crippen molar-refractivity contribution < 1.29 is 9.90 Å². The minimum Gasteiger partial charge on any atom is -0.394 e. The van der Waals surface area contributed by atoms with Gasteiger partial charge in [0.1, 0.15) is 0 Å². The predicted molar refractivity (Wildman–Crippen MR) is 68.1 cm³/mol. The van der Waals surface area contributed by atoms with Gasteiger partial charge in [-0.05, 0) is 22.8 Å². The smallest absolute Gasteiger partial charge is 0.230 e. The number of thioether (sulfide) groups is 1. The zero-order valence-corrected chi connectivity index (χ0v) is 11.5. The molecule has 0 aliphatic heterocycles. The summed E-state index contributed by atoms with van der Waals surface area (Å²) in [7, 11) is 0. The van der Waals surface area contributed by atoms with Crippen molar-refractivity contribution in [1.29, 1.82) is 0 Å². The van der Waals surface area contributed by atoms with Crippen molar-refractivity contribution >= 4 is 17.7 Å². The highest BCUT2D eigenvalue weighted by atomic mass is 32.2. The average Bonchev–Trinajstić information content (AvgIpc) is 2.74. The SMILES string of the molecule is CC(C)CCNC(=O)CSc1nnnn1CCO. The summed E-state index contributed by atoms with van der Waals surface area (Å²) in [4.78, 5) is 11.5. The summed E-state index contributed by atoms with van der Waals surface area (Å²) in [5, 5.41) is 23.2. The first-order valence-electron chi connectivity index (χ1n) is 5.90. The van der Waals surface area contributed by atoms with E-state index in [0.29, 0.717) is 24.2 Å². The van der Waals surface area contributed by atoms with E-state index in [0.717, 1.165) is 6.42 Å². The first-order valence-corrected chi connectivity index (χ1v) is 6.88. The fourth-order valence-electron chi connectivity index (χ4n) is 1.22. The van der Waals surface area contributed by atoms with E-state index in [2.05, 4.69) is 34.7 Å². The first kappa shape index (κ1) is 14.9. The van der Waals surface area contributed by atoms with E-state index < -0.39 is 0 Å². The van der Waals surface area contributed by atoms with Gasteiger partial charge in [0, 0.05) is 6.54 Å². The molecule has 1 amide bonds. The molecule has 1 heterocycles. The molecule has 0 atom stereocenters. The van der Waals surface area contributed by atoms with Crippen LogP contribution in [0.15, 0.2) is 5.16 Å². The third-order valence-electron chi connectivity index (χ3n) is 2.19. The molecule has 0 radical (unpaired) electrons. The number of amides is 1. The summed E-state index contributed by atoms with van der Waals surface area (Å²) in [5.41, 5.74) is 0. The lowest BCUT2D eigenvalue weighted by Gasteiger charge is -2.06. The molecule has 0 bridgehead atoms. The first-order chi connectivity index (χ1) is 8.63. The maximum absolute atomic E-state index is 11.5. The molecule has 0 saturated carbocycles. The Bertz CT molecular complexity index is 369. The molecule has 0 unspecified atom stereocenters. The Hall–Kier alpha value is -1.15. The van der Waals surface area contributed by atoms with Crippen LogP contribution in [0.5, 0.6) is 0 Å². The molecule has 0 fully saturated rings. The Morgan fingerprint density at radius 2 is 2.33 bits per heavy atom. The largest absolute Gasteiger partial charge is 0.394 e. The van der Waals surface area contributed by atoms with Gasteiger partial charge in [0.05, 0.1) is 18.9 Å². The molecule has 7 nitrogen and oxygen atoms in total. The summed E-state index contributed by atoms with van der Waals surface area (Å²) < 4.78 is 1.48. The van der Waals surface area contributed by atoms with Crippen LogP contribution in [-0.2, 0) is 11.3 Å². The predicted octanol–water partition coefficient (Wildman–Crippen LogP) is -0.0802. The topological polar surface area (TPSA) is 92.9 Å². The van der Waals surface area contributed by atoms with Crippen LogP contribution in [-0.4, -0.2) is 50.1 Å². The van der Waals surface area contributed by atoms with Crippen LogP contribution >= 0.6 is 11.8 Å². The van der Waals surface area contributed by atoms with E-state index in [1.54, 1.807) is 0 Å². The number of carbonyl (C=O) groups is 1. The van der Waals surface area contributed by atoms with Crippen LogP contribution in [0.25, 0.3) is 0 Å². The van der Waals surface area contributed by atoms with Gasteiger partial charge in [-0.25, -0.2) is 4.68 Å². The van der Waals surface area contributed by atoms with Crippen molar-refractivity contribution in [2.24, 2.45) is 5.92 Å². The minimum atomic E-state index is -0.0286. The van der Waals surface area contributed by atoms with Gasteiger partial charge in [0.25, 0.3) is 0 Å². The molecule has 0 aliphatic rings. The van der Waals surface area contributed by atoms with Crippen molar-refractivity contribution in [3.05, 3.63) is 0 Å². The zero-order valence-electron chi connectivity index (χ0n) is 10.7. The molecule has 2 N–H and O–H groups in total. The third-order valence-corrected chi connectivity index (χ3v) is 3.14. The highest BCUT2D eigenvalue weighted by Crippen LogP contribution is 2.12. The third kappa shape index (κ3) is 5.46. The number of hydrogen-bond acceptors (Lipinski definition) is 6. The summed E-state index contributed by atoms with van der Waals surface area (Å²) in [6.45, 7) is 5.23. The van der Waals surface area contributed by atoms with Gasteiger partial charge < -0.3 is 10.4 Å². The lowest BCUT2D eigenvalue weighted by Crippen LogP contribution is -2.27. The number of tetrazole rings is 1. The summed E-state index contributed by atoms with van der Waals surface area (Å²) in [6.07, 6.45) is 0.971. The highest BCUT2D eigenvalue weighted by Gasteiger charge is 2.09. The molecular weight excluding hydrogens is 254 g/mol. The van der Waals surface area contributed by atoms with Crippen molar-refractivity contribution in [3.8, 4) is 0 Å². The summed E-state index contributed by atoms with van der Waals surface area (Å²) in [5.74, 6) is 0.832. The number of carbonyl (C=O) groups excluding carboxylic acids is 1. The quantitative estimate of drug-likeness (QED) is 0.644. The van der Waals surface area contributed by atoms with E-state index in [9.17, 15) is 4.79 Å². The second-order valence-electron chi connectivity index (χ2n) is 4.23. The number of aliphatic hydroxyl groups excluding tert-OH is 1. The van der Waals surface area contributed by atoms with Crippen molar-refractivity contribution in [1.82, 2.24) is 25.5 Å². The van der Waals surface area contributed by atoms with Crippen molar-refractivity contribution in [2.75, 3.05) is 18.9 Å². The van der Waals surface area contributed by atoms with E-state index in [1.807, 2.05) is 0 Å². The fourth-order valence-corrected chi connectivity index (χ4v) is 1.95.